The zero-order valence-corrected chi connectivity index (χ0v) is 13.1. The maximum atomic E-state index is 12.1. The number of nitrogens with one attached hydrogen (secondary N) is 2. The van der Waals surface area contributed by atoms with Crippen LogP contribution in [-0.2, 0) is 9.53 Å². The summed E-state index contributed by atoms with van der Waals surface area (Å²) < 4.78 is 5.28. The van der Waals surface area contributed by atoms with Crippen molar-refractivity contribution >= 4 is 11.9 Å². The molecule has 1 aliphatic heterocycles. The molecule has 1 atom stereocenters. The Morgan fingerprint density at radius 2 is 1.95 bits per heavy atom. The lowest BCUT2D eigenvalue weighted by Gasteiger charge is -2.29. The van der Waals surface area contributed by atoms with Crippen molar-refractivity contribution in [3.05, 3.63) is 0 Å². The molecule has 0 aliphatic carbocycles. The molecular formula is C13H27N5O3. The van der Waals surface area contributed by atoms with Gasteiger partial charge in [-0.2, -0.15) is 0 Å². The molecule has 1 rings (SSSR count). The van der Waals surface area contributed by atoms with Crippen LogP contribution in [0.1, 0.15) is 13.8 Å². The highest BCUT2D eigenvalue weighted by atomic mass is 16.5. The molecule has 0 aromatic rings. The molecular weight excluding hydrogens is 274 g/mol. The van der Waals surface area contributed by atoms with Crippen LogP contribution in [-0.4, -0.2) is 74.2 Å². The van der Waals surface area contributed by atoms with Crippen LogP contribution in [0.2, 0.25) is 0 Å². The topological polar surface area (TPSA) is 99.9 Å². The van der Waals surface area contributed by atoms with Crippen LogP contribution in [0.25, 0.3) is 0 Å². The summed E-state index contributed by atoms with van der Waals surface area (Å²) in [6.07, 6.45) is 0. The summed E-state index contributed by atoms with van der Waals surface area (Å²) in [4.78, 5) is 27.6. The maximum absolute atomic E-state index is 12.1. The van der Waals surface area contributed by atoms with Gasteiger partial charge in [0.2, 0.25) is 0 Å². The first-order valence-corrected chi connectivity index (χ1v) is 7.28. The van der Waals surface area contributed by atoms with Crippen molar-refractivity contribution in [1.29, 1.82) is 0 Å². The number of nitrogens with two attached hydrogens (primary N) is 1. The number of morpholine rings is 1. The second-order valence-corrected chi connectivity index (χ2v) is 5.56. The largest absolute Gasteiger partial charge is 0.379 e. The molecule has 1 fully saturated rings. The predicted molar refractivity (Wildman–Crippen MR) is 79.4 cm³/mol. The zero-order valence-electron chi connectivity index (χ0n) is 13.1. The summed E-state index contributed by atoms with van der Waals surface area (Å²) in [5.74, 6) is 4.71. The molecule has 1 aliphatic rings. The minimum atomic E-state index is -0.631. The maximum Gasteiger partial charge on any atom is 0.317 e. The van der Waals surface area contributed by atoms with Gasteiger partial charge in [0.05, 0.1) is 13.2 Å². The summed E-state index contributed by atoms with van der Waals surface area (Å²) in [7, 11) is 1.72. The van der Waals surface area contributed by atoms with E-state index < -0.39 is 6.04 Å². The number of nitrogens with zero attached hydrogens (tertiary/aromatic N) is 2. The van der Waals surface area contributed by atoms with E-state index in [1.54, 1.807) is 11.9 Å². The highest BCUT2D eigenvalue weighted by Gasteiger charge is 2.25. The second-order valence-electron chi connectivity index (χ2n) is 5.56. The Bertz CT molecular complexity index is 345. The van der Waals surface area contributed by atoms with Crippen LogP contribution in [0.5, 0.6) is 0 Å². The summed E-state index contributed by atoms with van der Waals surface area (Å²) in [6.45, 7) is 8.36. The summed E-state index contributed by atoms with van der Waals surface area (Å²) in [6, 6.07) is -0.904. The summed E-state index contributed by atoms with van der Waals surface area (Å²) in [5, 5.41) is 2.71. The van der Waals surface area contributed by atoms with Crippen LogP contribution in [0, 0.1) is 5.92 Å². The van der Waals surface area contributed by atoms with Crippen molar-refractivity contribution in [1.82, 2.24) is 20.5 Å². The number of ether oxygens (including phenoxy) is 1. The predicted octanol–water partition coefficient (Wildman–Crippen LogP) is -1.03. The smallest absolute Gasteiger partial charge is 0.317 e. The molecule has 0 unspecified atom stereocenters. The normalized spacial score (nSPS) is 17.4. The lowest BCUT2D eigenvalue weighted by Crippen LogP contribution is -2.54. The molecule has 4 N–H and O–H groups in total. The van der Waals surface area contributed by atoms with Gasteiger partial charge in [-0.15, -0.1) is 0 Å². The van der Waals surface area contributed by atoms with Gasteiger partial charge < -0.3 is 15.0 Å². The van der Waals surface area contributed by atoms with Crippen molar-refractivity contribution in [3.63, 3.8) is 0 Å². The van der Waals surface area contributed by atoms with E-state index in [2.05, 4.69) is 15.6 Å². The van der Waals surface area contributed by atoms with Gasteiger partial charge >= 0.3 is 6.03 Å². The zero-order chi connectivity index (χ0) is 15.8. The van der Waals surface area contributed by atoms with E-state index in [4.69, 9.17) is 10.6 Å². The van der Waals surface area contributed by atoms with Gasteiger partial charge in [0.25, 0.3) is 5.91 Å². The third-order valence-electron chi connectivity index (χ3n) is 3.57. The van der Waals surface area contributed by atoms with E-state index in [-0.39, 0.29) is 17.9 Å². The highest BCUT2D eigenvalue weighted by molar-refractivity contribution is 5.86. The van der Waals surface area contributed by atoms with E-state index in [0.717, 1.165) is 32.8 Å². The minimum absolute atomic E-state index is 0.0369. The third-order valence-corrected chi connectivity index (χ3v) is 3.57. The van der Waals surface area contributed by atoms with E-state index >= 15 is 0 Å². The molecule has 0 saturated carbocycles. The molecule has 8 heteroatoms. The Morgan fingerprint density at radius 3 is 2.48 bits per heavy atom. The SMILES string of the molecule is CC(C)[C@H](NC(=O)N(C)CCN1CCOCC1)C(=O)NN. The van der Waals surface area contributed by atoms with Gasteiger partial charge in [-0.3, -0.25) is 15.1 Å². The summed E-state index contributed by atoms with van der Waals surface area (Å²) in [5.41, 5.74) is 2.08. The first-order chi connectivity index (χ1) is 9.95. The number of likely N-dealkylation sites (N-methyl/N-ethyl adjacent to an activating group) is 1. The number of hydrogen-bond acceptors (Lipinski definition) is 5. The third kappa shape index (κ3) is 5.86. The minimum Gasteiger partial charge on any atom is -0.379 e. The number of hydrazine groups is 1. The van der Waals surface area contributed by atoms with Crippen molar-refractivity contribution in [2.45, 2.75) is 19.9 Å². The monoisotopic (exact) mass is 301 g/mol. The van der Waals surface area contributed by atoms with Crippen LogP contribution in [0.3, 0.4) is 0 Å². The molecule has 0 radical (unpaired) electrons. The van der Waals surface area contributed by atoms with Gasteiger partial charge in [0.1, 0.15) is 6.04 Å². The fraction of sp³-hybridized carbons (Fsp3) is 0.846. The number of carbonyl (C=O) groups is 2. The Hall–Kier alpha value is -1.38. The molecule has 1 heterocycles. The van der Waals surface area contributed by atoms with E-state index in [9.17, 15) is 9.59 Å². The number of carbonyl (C=O) groups excluding carboxylic acids is 2. The molecule has 1 saturated heterocycles. The fourth-order valence-corrected chi connectivity index (χ4v) is 2.09. The molecule has 0 aromatic carbocycles. The Balaban J connectivity index is 2.39. The quantitative estimate of drug-likeness (QED) is 0.331. The Kier molecular flexibility index (Phi) is 7.41. The lowest BCUT2D eigenvalue weighted by molar-refractivity contribution is -0.124. The van der Waals surface area contributed by atoms with Gasteiger partial charge in [-0.05, 0) is 5.92 Å². The number of rotatable bonds is 6. The van der Waals surface area contributed by atoms with Crippen LogP contribution < -0.4 is 16.6 Å². The summed E-state index contributed by atoms with van der Waals surface area (Å²) >= 11 is 0. The second kappa shape index (κ2) is 8.81. The fourth-order valence-electron chi connectivity index (χ4n) is 2.09. The van der Waals surface area contributed by atoms with Crippen molar-refractivity contribution in [3.8, 4) is 0 Å². The molecule has 21 heavy (non-hydrogen) atoms. The van der Waals surface area contributed by atoms with Crippen molar-refractivity contribution < 1.29 is 14.3 Å². The van der Waals surface area contributed by atoms with Crippen molar-refractivity contribution in [2.24, 2.45) is 11.8 Å². The van der Waals surface area contributed by atoms with Gasteiger partial charge in [0, 0.05) is 33.2 Å². The van der Waals surface area contributed by atoms with Gasteiger partial charge in [-0.1, -0.05) is 13.8 Å². The standard InChI is InChI=1S/C13H27N5O3/c1-10(2)11(12(19)16-14)15-13(20)17(3)4-5-18-6-8-21-9-7-18/h10-11H,4-9,14H2,1-3H3,(H,15,20)(H,16,19)/t11-/m0/s1. The number of urea groups is 1. The van der Waals surface area contributed by atoms with Crippen LogP contribution >= 0.6 is 0 Å². The first kappa shape index (κ1) is 17.7. The molecule has 0 aromatic heterocycles. The van der Waals surface area contributed by atoms with Crippen LogP contribution in [0.4, 0.5) is 4.79 Å². The molecule has 122 valence electrons. The average Bonchev–Trinajstić information content (AvgIpc) is 2.49. The van der Waals surface area contributed by atoms with E-state index in [0.29, 0.717) is 6.54 Å². The van der Waals surface area contributed by atoms with Crippen LogP contribution in [0.15, 0.2) is 0 Å². The van der Waals surface area contributed by atoms with Gasteiger partial charge in [-0.25, -0.2) is 10.6 Å². The Labute approximate surface area is 125 Å². The average molecular weight is 301 g/mol. The Morgan fingerprint density at radius 1 is 1.33 bits per heavy atom. The molecule has 0 spiro atoms. The number of hydrogen-bond donors (Lipinski definition) is 3. The molecule has 3 amide bonds. The first-order valence-electron chi connectivity index (χ1n) is 7.28. The molecule has 0 bridgehead atoms. The lowest BCUT2D eigenvalue weighted by atomic mass is 10.0. The highest BCUT2D eigenvalue weighted by Crippen LogP contribution is 2.03. The molecule has 8 nitrogen and oxygen atoms in total. The number of amides is 3. The van der Waals surface area contributed by atoms with Crippen molar-refractivity contribution in [2.75, 3.05) is 46.4 Å². The van der Waals surface area contributed by atoms with E-state index in [1.807, 2.05) is 13.8 Å². The van der Waals surface area contributed by atoms with Gasteiger partial charge in [0.15, 0.2) is 0 Å². The van der Waals surface area contributed by atoms with E-state index in [1.165, 1.54) is 0 Å².